The predicted molar refractivity (Wildman–Crippen MR) is 88.5 cm³/mol. The van der Waals surface area contributed by atoms with E-state index in [2.05, 4.69) is 60.0 Å². The van der Waals surface area contributed by atoms with Crippen LogP contribution in [0.15, 0.2) is 36.7 Å². The fourth-order valence-electron chi connectivity index (χ4n) is 2.67. The van der Waals surface area contributed by atoms with E-state index in [4.69, 9.17) is 0 Å². The molecule has 0 saturated carbocycles. The van der Waals surface area contributed by atoms with Gasteiger partial charge in [0.2, 0.25) is 0 Å². The molecule has 3 nitrogen and oxygen atoms in total. The number of aromatic nitrogens is 2. The maximum Gasteiger partial charge on any atom is 0.108 e. The van der Waals surface area contributed by atoms with Crippen LogP contribution in [-0.2, 0) is 19.9 Å². The van der Waals surface area contributed by atoms with Gasteiger partial charge in [-0.15, -0.1) is 0 Å². The van der Waals surface area contributed by atoms with Crippen molar-refractivity contribution in [3.63, 3.8) is 0 Å². The zero-order valence-corrected chi connectivity index (χ0v) is 13.5. The van der Waals surface area contributed by atoms with Crippen LogP contribution in [0.3, 0.4) is 0 Å². The normalized spacial score (nSPS) is 12.5. The van der Waals surface area contributed by atoms with E-state index in [1.807, 2.05) is 12.4 Å². The molecule has 21 heavy (non-hydrogen) atoms. The van der Waals surface area contributed by atoms with Gasteiger partial charge in [-0.3, -0.25) is 0 Å². The molecular formula is C18H27N3. The molecular weight excluding hydrogens is 258 g/mol. The van der Waals surface area contributed by atoms with Crippen LogP contribution >= 0.6 is 0 Å². The fraction of sp³-hybridized carbons (Fsp3) is 0.500. The molecule has 2 rings (SSSR count). The van der Waals surface area contributed by atoms with Crippen LogP contribution in [0, 0.1) is 6.92 Å². The lowest BCUT2D eigenvalue weighted by molar-refractivity contribution is 0.458. The Bertz CT molecular complexity index is 528. The van der Waals surface area contributed by atoms with Crippen molar-refractivity contribution in [1.82, 2.24) is 14.9 Å². The van der Waals surface area contributed by atoms with Gasteiger partial charge in [0.05, 0.1) is 0 Å². The number of rotatable bonds is 8. The number of hydrogen-bond acceptors (Lipinski definition) is 2. The first-order chi connectivity index (χ1) is 10.2. The van der Waals surface area contributed by atoms with Crippen LogP contribution in [0.25, 0.3) is 0 Å². The van der Waals surface area contributed by atoms with Crippen LogP contribution in [0.1, 0.15) is 36.7 Å². The molecule has 1 heterocycles. The molecule has 1 N–H and O–H groups in total. The van der Waals surface area contributed by atoms with Crippen molar-refractivity contribution in [2.24, 2.45) is 7.05 Å². The highest BCUT2D eigenvalue weighted by atomic mass is 15.0. The highest BCUT2D eigenvalue weighted by Gasteiger charge is 2.09. The summed E-state index contributed by atoms with van der Waals surface area (Å²) in [6.45, 7) is 5.34. The molecule has 0 bridgehead atoms. The van der Waals surface area contributed by atoms with Gasteiger partial charge in [0.1, 0.15) is 5.82 Å². The number of hydrogen-bond donors (Lipinski definition) is 1. The van der Waals surface area contributed by atoms with Gasteiger partial charge in [-0.1, -0.05) is 36.8 Å². The molecule has 1 atom stereocenters. The summed E-state index contributed by atoms with van der Waals surface area (Å²) in [5.74, 6) is 1.17. The number of benzene rings is 1. The van der Waals surface area contributed by atoms with E-state index >= 15 is 0 Å². The molecule has 3 heteroatoms. The summed E-state index contributed by atoms with van der Waals surface area (Å²) in [4.78, 5) is 4.41. The first kappa shape index (κ1) is 15.8. The minimum Gasteiger partial charge on any atom is -0.338 e. The molecule has 0 aliphatic rings. The largest absolute Gasteiger partial charge is 0.338 e. The van der Waals surface area contributed by atoms with Crippen molar-refractivity contribution < 1.29 is 0 Å². The van der Waals surface area contributed by atoms with E-state index in [1.165, 1.54) is 23.4 Å². The second kappa shape index (κ2) is 7.99. The molecule has 1 aromatic heterocycles. The molecule has 114 valence electrons. The lowest BCUT2D eigenvalue weighted by atomic mass is 10.0. The first-order valence-corrected chi connectivity index (χ1v) is 7.94. The van der Waals surface area contributed by atoms with Crippen molar-refractivity contribution in [2.75, 3.05) is 6.54 Å². The molecule has 1 unspecified atom stereocenters. The summed E-state index contributed by atoms with van der Waals surface area (Å²) < 4.78 is 2.11. The third-order valence-electron chi connectivity index (χ3n) is 4.03. The first-order valence-electron chi connectivity index (χ1n) is 7.94. The van der Waals surface area contributed by atoms with Gasteiger partial charge in [0.25, 0.3) is 0 Å². The predicted octanol–water partition coefficient (Wildman–Crippen LogP) is 3.27. The summed E-state index contributed by atoms with van der Waals surface area (Å²) in [6, 6.07) is 9.46. The Labute approximate surface area is 128 Å². The van der Waals surface area contributed by atoms with Crippen LogP contribution in [-0.4, -0.2) is 22.1 Å². The van der Waals surface area contributed by atoms with E-state index in [0.717, 1.165) is 25.8 Å². The minimum atomic E-state index is 0.563. The Morgan fingerprint density at radius 3 is 2.48 bits per heavy atom. The highest BCUT2D eigenvalue weighted by Crippen LogP contribution is 2.11. The van der Waals surface area contributed by atoms with Gasteiger partial charge in [-0.25, -0.2) is 4.98 Å². The van der Waals surface area contributed by atoms with Crippen molar-refractivity contribution in [3.8, 4) is 0 Å². The molecule has 1 aromatic carbocycles. The Balaban J connectivity index is 1.83. The number of nitrogens with zero attached hydrogens (tertiary/aromatic N) is 2. The van der Waals surface area contributed by atoms with Gasteiger partial charge in [0, 0.05) is 31.9 Å². The number of aryl methyl sites for hydroxylation is 4. The van der Waals surface area contributed by atoms with Crippen molar-refractivity contribution in [2.45, 2.75) is 45.6 Å². The van der Waals surface area contributed by atoms with Crippen LogP contribution in [0.5, 0.6) is 0 Å². The maximum atomic E-state index is 4.41. The van der Waals surface area contributed by atoms with E-state index < -0.39 is 0 Å². The summed E-state index contributed by atoms with van der Waals surface area (Å²) in [7, 11) is 2.07. The summed E-state index contributed by atoms with van der Waals surface area (Å²) in [5, 5.41) is 3.61. The molecule has 0 saturated heterocycles. The molecule has 0 radical (unpaired) electrons. The van der Waals surface area contributed by atoms with Crippen molar-refractivity contribution in [3.05, 3.63) is 53.6 Å². The zero-order chi connectivity index (χ0) is 15.1. The van der Waals surface area contributed by atoms with Gasteiger partial charge >= 0.3 is 0 Å². The minimum absolute atomic E-state index is 0.563. The summed E-state index contributed by atoms with van der Waals surface area (Å²) in [5.41, 5.74) is 2.76. The van der Waals surface area contributed by atoms with Crippen LogP contribution < -0.4 is 5.32 Å². The maximum absolute atomic E-state index is 4.41. The molecule has 0 fully saturated rings. The molecule has 2 aromatic rings. The van der Waals surface area contributed by atoms with E-state index in [9.17, 15) is 0 Å². The van der Waals surface area contributed by atoms with Crippen LogP contribution in [0.4, 0.5) is 0 Å². The topological polar surface area (TPSA) is 29.9 Å². The number of imidazole rings is 1. The van der Waals surface area contributed by atoms with Crippen molar-refractivity contribution in [1.29, 1.82) is 0 Å². The highest BCUT2D eigenvalue weighted by molar-refractivity contribution is 5.21. The quantitative estimate of drug-likeness (QED) is 0.806. The fourth-order valence-corrected chi connectivity index (χ4v) is 2.67. The lowest BCUT2D eigenvalue weighted by Crippen LogP contribution is -2.30. The SMILES string of the molecule is CCNC(CCc1ccc(C)cc1)CCc1nccn1C. The van der Waals surface area contributed by atoms with E-state index in [1.54, 1.807) is 0 Å². The lowest BCUT2D eigenvalue weighted by Gasteiger charge is -2.18. The molecule has 0 aliphatic carbocycles. The molecule has 0 spiro atoms. The smallest absolute Gasteiger partial charge is 0.108 e. The Morgan fingerprint density at radius 1 is 1.14 bits per heavy atom. The Morgan fingerprint density at radius 2 is 1.86 bits per heavy atom. The number of nitrogens with one attached hydrogen (secondary N) is 1. The third kappa shape index (κ3) is 5.01. The zero-order valence-electron chi connectivity index (χ0n) is 13.5. The van der Waals surface area contributed by atoms with Crippen LogP contribution in [0.2, 0.25) is 0 Å². The van der Waals surface area contributed by atoms with Gasteiger partial charge in [-0.2, -0.15) is 0 Å². The van der Waals surface area contributed by atoms with Gasteiger partial charge < -0.3 is 9.88 Å². The Kier molecular flexibility index (Phi) is 6.00. The van der Waals surface area contributed by atoms with Crippen molar-refractivity contribution >= 4 is 0 Å². The van der Waals surface area contributed by atoms with Gasteiger partial charge in [0.15, 0.2) is 0 Å². The molecule has 0 amide bonds. The van der Waals surface area contributed by atoms with E-state index in [0.29, 0.717) is 6.04 Å². The monoisotopic (exact) mass is 285 g/mol. The average Bonchev–Trinajstić information content (AvgIpc) is 2.89. The second-order valence-electron chi connectivity index (χ2n) is 5.77. The molecule has 0 aliphatic heterocycles. The summed E-state index contributed by atoms with van der Waals surface area (Å²) >= 11 is 0. The Hall–Kier alpha value is -1.61. The second-order valence-corrected chi connectivity index (χ2v) is 5.77. The van der Waals surface area contributed by atoms with Gasteiger partial charge in [-0.05, 0) is 38.3 Å². The summed E-state index contributed by atoms with van der Waals surface area (Å²) in [6.07, 6.45) is 8.40. The average molecular weight is 285 g/mol. The van der Waals surface area contributed by atoms with E-state index in [-0.39, 0.29) is 0 Å². The third-order valence-corrected chi connectivity index (χ3v) is 4.03. The standard InChI is InChI=1S/C18H27N3/c1-4-19-17(11-12-18-20-13-14-21(18)3)10-9-16-7-5-15(2)6-8-16/h5-8,13-14,17,19H,4,9-12H2,1-3H3.